The monoisotopic (exact) mass is 297 g/mol. The Labute approximate surface area is 124 Å². The molecule has 1 atom stereocenters. The van der Waals surface area contributed by atoms with E-state index in [9.17, 15) is 9.59 Å². The molecule has 0 aliphatic carbocycles. The van der Waals surface area contributed by atoms with Gasteiger partial charge in [0.2, 0.25) is 11.8 Å². The Balaban J connectivity index is 0.00000200. The fourth-order valence-electron chi connectivity index (χ4n) is 2.41. The van der Waals surface area contributed by atoms with Crippen molar-refractivity contribution in [3.05, 3.63) is 35.4 Å². The van der Waals surface area contributed by atoms with Crippen LogP contribution < -0.4 is 11.1 Å². The summed E-state index contributed by atoms with van der Waals surface area (Å²) in [4.78, 5) is 25.3. The first-order chi connectivity index (χ1) is 9.13. The van der Waals surface area contributed by atoms with E-state index in [0.717, 1.165) is 11.1 Å². The number of benzene rings is 1. The van der Waals surface area contributed by atoms with E-state index in [0.29, 0.717) is 25.9 Å². The van der Waals surface area contributed by atoms with Crippen molar-refractivity contribution in [3.63, 3.8) is 0 Å². The lowest BCUT2D eigenvalue weighted by Crippen LogP contribution is -2.51. The minimum absolute atomic E-state index is 0. The second kappa shape index (κ2) is 7.26. The molecule has 1 aromatic carbocycles. The number of rotatable bonds is 4. The fraction of sp³-hybridized carbons (Fsp3) is 0.429. The van der Waals surface area contributed by atoms with E-state index in [1.54, 1.807) is 11.9 Å². The van der Waals surface area contributed by atoms with Crippen molar-refractivity contribution < 1.29 is 9.59 Å². The number of fused-ring (bicyclic) bond motifs is 1. The molecule has 3 N–H and O–H groups in total. The average Bonchev–Trinajstić information content (AvgIpc) is 2.43. The molecule has 0 saturated carbocycles. The Bertz CT molecular complexity index is 493. The normalized spacial score (nSPS) is 17.1. The summed E-state index contributed by atoms with van der Waals surface area (Å²) in [6, 6.07) is 7.33. The minimum atomic E-state index is -0.528. The Kier molecular flexibility index (Phi) is 5.98. The highest BCUT2D eigenvalue weighted by molar-refractivity contribution is 5.87. The van der Waals surface area contributed by atoms with E-state index in [1.807, 2.05) is 24.3 Å². The summed E-state index contributed by atoms with van der Waals surface area (Å²) < 4.78 is 0. The van der Waals surface area contributed by atoms with E-state index < -0.39 is 11.9 Å². The average molecular weight is 298 g/mol. The van der Waals surface area contributed by atoms with E-state index in [2.05, 4.69) is 5.32 Å². The number of nitrogens with one attached hydrogen (secondary N) is 1. The van der Waals surface area contributed by atoms with Crippen molar-refractivity contribution in [2.45, 2.75) is 25.4 Å². The van der Waals surface area contributed by atoms with E-state index >= 15 is 0 Å². The van der Waals surface area contributed by atoms with Crippen molar-refractivity contribution in [1.29, 1.82) is 0 Å². The van der Waals surface area contributed by atoms with Crippen LogP contribution in [-0.2, 0) is 22.6 Å². The lowest BCUT2D eigenvalue weighted by Gasteiger charge is -2.35. The highest BCUT2D eigenvalue weighted by Crippen LogP contribution is 2.23. The number of nitrogens with zero attached hydrogens (tertiary/aromatic N) is 1. The topological polar surface area (TPSA) is 75.4 Å². The number of amides is 2. The molecule has 0 aromatic heterocycles. The molecule has 0 saturated heterocycles. The van der Waals surface area contributed by atoms with Gasteiger partial charge >= 0.3 is 0 Å². The number of halogens is 1. The van der Waals surface area contributed by atoms with Crippen molar-refractivity contribution in [1.82, 2.24) is 10.2 Å². The third kappa shape index (κ3) is 3.49. The lowest BCUT2D eigenvalue weighted by molar-refractivity contribution is -0.140. The van der Waals surface area contributed by atoms with Crippen LogP contribution in [0.15, 0.2) is 24.3 Å². The Morgan fingerprint density at radius 2 is 2.00 bits per heavy atom. The highest BCUT2D eigenvalue weighted by Gasteiger charge is 2.32. The van der Waals surface area contributed by atoms with Gasteiger partial charge in [-0.05, 0) is 18.2 Å². The first-order valence-corrected chi connectivity index (χ1v) is 6.43. The van der Waals surface area contributed by atoms with Gasteiger partial charge in [-0.15, -0.1) is 12.4 Å². The largest absolute Gasteiger partial charge is 0.368 e. The molecule has 20 heavy (non-hydrogen) atoms. The van der Waals surface area contributed by atoms with Gasteiger partial charge in [0.25, 0.3) is 0 Å². The van der Waals surface area contributed by atoms with Crippen LogP contribution in [0.1, 0.15) is 17.5 Å². The minimum Gasteiger partial charge on any atom is -0.368 e. The van der Waals surface area contributed by atoms with Crippen LogP contribution >= 0.6 is 12.4 Å². The standard InChI is InChI=1S/C14H19N3O2.ClH/c1-16-7-6-13(18)17-9-11-5-3-2-4-10(11)8-12(17)14(15)19;/h2-5,12,16H,6-9H2,1H3,(H2,15,19);1H. The summed E-state index contributed by atoms with van der Waals surface area (Å²) in [5, 5.41) is 2.94. The molecule has 2 amide bonds. The quantitative estimate of drug-likeness (QED) is 0.847. The van der Waals surface area contributed by atoms with Gasteiger partial charge < -0.3 is 16.0 Å². The molecule has 1 heterocycles. The summed E-state index contributed by atoms with van der Waals surface area (Å²) in [5.41, 5.74) is 7.63. The molecule has 1 aliphatic heterocycles. The number of nitrogens with two attached hydrogens (primary N) is 1. The second-order valence-electron chi connectivity index (χ2n) is 4.77. The van der Waals surface area contributed by atoms with Crippen LogP contribution in [0.5, 0.6) is 0 Å². The van der Waals surface area contributed by atoms with E-state index in [4.69, 9.17) is 5.73 Å². The van der Waals surface area contributed by atoms with E-state index in [-0.39, 0.29) is 18.3 Å². The molecular weight excluding hydrogens is 278 g/mol. The maximum atomic E-state index is 12.2. The Morgan fingerprint density at radius 3 is 2.60 bits per heavy atom. The number of carbonyl (C=O) groups is 2. The van der Waals surface area contributed by atoms with Crippen LogP contribution in [0.4, 0.5) is 0 Å². The molecule has 0 fully saturated rings. The molecule has 0 bridgehead atoms. The summed E-state index contributed by atoms with van der Waals surface area (Å²) in [6.45, 7) is 1.06. The maximum absolute atomic E-state index is 12.2. The third-order valence-corrected chi connectivity index (χ3v) is 3.49. The van der Waals surface area contributed by atoms with Crippen LogP contribution in [-0.4, -0.2) is 36.3 Å². The number of hydrogen-bond donors (Lipinski definition) is 2. The van der Waals surface area contributed by atoms with Crippen molar-refractivity contribution in [3.8, 4) is 0 Å². The third-order valence-electron chi connectivity index (χ3n) is 3.49. The smallest absolute Gasteiger partial charge is 0.240 e. The van der Waals surface area contributed by atoms with Crippen LogP contribution in [0.25, 0.3) is 0 Å². The van der Waals surface area contributed by atoms with Gasteiger partial charge in [-0.3, -0.25) is 9.59 Å². The van der Waals surface area contributed by atoms with Gasteiger partial charge in [0.05, 0.1) is 0 Å². The zero-order chi connectivity index (χ0) is 13.8. The van der Waals surface area contributed by atoms with Gasteiger partial charge in [-0.2, -0.15) is 0 Å². The molecular formula is C14H20ClN3O2. The Hall–Kier alpha value is -1.59. The molecule has 5 nitrogen and oxygen atoms in total. The molecule has 1 aliphatic rings. The molecule has 1 aromatic rings. The first-order valence-electron chi connectivity index (χ1n) is 6.43. The van der Waals surface area contributed by atoms with Gasteiger partial charge in [-0.1, -0.05) is 24.3 Å². The summed E-state index contributed by atoms with van der Waals surface area (Å²) in [5.74, 6) is -0.472. The maximum Gasteiger partial charge on any atom is 0.240 e. The molecule has 1 unspecified atom stereocenters. The predicted octanol–water partition coefficient (Wildman–Crippen LogP) is 0.456. The Morgan fingerprint density at radius 1 is 1.35 bits per heavy atom. The number of primary amides is 1. The zero-order valence-corrected chi connectivity index (χ0v) is 12.3. The van der Waals surface area contributed by atoms with Crippen molar-refractivity contribution in [2.24, 2.45) is 5.73 Å². The fourth-order valence-corrected chi connectivity index (χ4v) is 2.41. The molecule has 0 spiro atoms. The van der Waals surface area contributed by atoms with Crippen molar-refractivity contribution >= 4 is 24.2 Å². The SMILES string of the molecule is CNCCC(=O)N1Cc2ccccc2CC1C(N)=O.Cl. The zero-order valence-electron chi connectivity index (χ0n) is 11.5. The van der Waals surface area contributed by atoms with Crippen LogP contribution in [0.2, 0.25) is 0 Å². The van der Waals surface area contributed by atoms with Crippen LogP contribution in [0.3, 0.4) is 0 Å². The van der Waals surface area contributed by atoms with Crippen molar-refractivity contribution in [2.75, 3.05) is 13.6 Å². The van der Waals surface area contributed by atoms with Gasteiger partial charge in [-0.25, -0.2) is 0 Å². The lowest BCUT2D eigenvalue weighted by atomic mass is 9.93. The molecule has 0 radical (unpaired) electrons. The number of hydrogen-bond acceptors (Lipinski definition) is 3. The predicted molar refractivity (Wildman–Crippen MR) is 79.5 cm³/mol. The summed E-state index contributed by atoms with van der Waals surface area (Å²) in [6.07, 6.45) is 0.888. The molecule has 2 rings (SSSR count). The summed E-state index contributed by atoms with van der Waals surface area (Å²) >= 11 is 0. The van der Waals surface area contributed by atoms with Gasteiger partial charge in [0, 0.05) is 25.9 Å². The molecule has 6 heteroatoms. The molecule has 110 valence electrons. The van der Waals surface area contributed by atoms with Crippen LogP contribution in [0, 0.1) is 0 Å². The highest BCUT2D eigenvalue weighted by atomic mass is 35.5. The van der Waals surface area contributed by atoms with Gasteiger partial charge in [0.1, 0.15) is 6.04 Å². The van der Waals surface area contributed by atoms with E-state index in [1.165, 1.54) is 0 Å². The van der Waals surface area contributed by atoms with Gasteiger partial charge in [0.15, 0.2) is 0 Å². The summed E-state index contributed by atoms with van der Waals surface area (Å²) in [7, 11) is 1.80. The first kappa shape index (κ1) is 16.5. The number of carbonyl (C=O) groups excluding carboxylic acids is 2. The second-order valence-corrected chi connectivity index (χ2v) is 4.77.